The number of aromatic amines is 1. The van der Waals surface area contributed by atoms with Gasteiger partial charge in [-0.2, -0.15) is 0 Å². The maximum Gasteiger partial charge on any atom is 0.127 e. The van der Waals surface area contributed by atoms with E-state index >= 15 is 0 Å². The molecule has 2 aliphatic rings. The second-order valence-electron chi connectivity index (χ2n) is 7.88. The van der Waals surface area contributed by atoms with Crippen molar-refractivity contribution in [3.8, 4) is 0 Å². The number of hydrogen-bond donors (Lipinski definition) is 1. The Labute approximate surface area is 161 Å². The van der Waals surface area contributed by atoms with Crippen molar-refractivity contribution in [1.29, 1.82) is 0 Å². The SMILES string of the molecule is CN1CCC(N(C)Cc2cc(C3=Cc4cc[nH]c4C=CC3)ccc2F)CC1. The number of allylic oxidation sites excluding steroid dienone is 2. The molecule has 0 atom stereocenters. The number of halogens is 1. The molecule has 0 saturated carbocycles. The Hall–Kier alpha value is -2.17. The van der Waals surface area contributed by atoms with E-state index in [9.17, 15) is 4.39 Å². The molecular formula is C23H28FN3. The number of hydrogen-bond acceptors (Lipinski definition) is 2. The first-order chi connectivity index (χ1) is 13.1. The fourth-order valence-corrected chi connectivity index (χ4v) is 4.15. The topological polar surface area (TPSA) is 22.3 Å². The van der Waals surface area contributed by atoms with Crippen LogP contribution in [0.1, 0.15) is 41.6 Å². The van der Waals surface area contributed by atoms with Gasteiger partial charge in [0.15, 0.2) is 0 Å². The molecule has 1 aromatic heterocycles. The minimum Gasteiger partial charge on any atom is -0.361 e. The average Bonchev–Trinajstić information content (AvgIpc) is 3.01. The van der Waals surface area contributed by atoms with Gasteiger partial charge in [-0.05, 0) is 93.5 Å². The predicted octanol–water partition coefficient (Wildman–Crippen LogP) is 4.64. The largest absolute Gasteiger partial charge is 0.361 e. The molecule has 2 aromatic rings. The summed E-state index contributed by atoms with van der Waals surface area (Å²) >= 11 is 0. The molecule has 0 spiro atoms. The highest BCUT2D eigenvalue weighted by atomic mass is 19.1. The van der Waals surface area contributed by atoms with Crippen molar-refractivity contribution >= 4 is 17.7 Å². The first-order valence-corrected chi connectivity index (χ1v) is 9.82. The summed E-state index contributed by atoms with van der Waals surface area (Å²) in [5, 5.41) is 0. The van der Waals surface area contributed by atoms with Crippen LogP contribution >= 0.6 is 0 Å². The van der Waals surface area contributed by atoms with Crippen molar-refractivity contribution in [2.24, 2.45) is 0 Å². The van der Waals surface area contributed by atoms with Gasteiger partial charge in [-0.25, -0.2) is 4.39 Å². The van der Waals surface area contributed by atoms with Gasteiger partial charge in [-0.15, -0.1) is 0 Å². The van der Waals surface area contributed by atoms with Gasteiger partial charge in [-0.3, -0.25) is 4.90 Å². The zero-order valence-corrected chi connectivity index (χ0v) is 16.2. The van der Waals surface area contributed by atoms with Crippen molar-refractivity contribution in [2.45, 2.75) is 31.8 Å². The van der Waals surface area contributed by atoms with Gasteiger partial charge in [0.25, 0.3) is 0 Å². The van der Waals surface area contributed by atoms with Crippen LogP contribution in [0.5, 0.6) is 0 Å². The Morgan fingerprint density at radius 2 is 2.04 bits per heavy atom. The molecule has 1 aliphatic carbocycles. The summed E-state index contributed by atoms with van der Waals surface area (Å²) in [6.45, 7) is 2.90. The number of nitrogens with zero attached hydrogens (tertiary/aromatic N) is 2. The standard InChI is InChI=1S/C23H28FN3/c1-26-12-9-21(10-13-26)27(2)16-20-15-18(6-7-22(20)24)17-4-3-5-23-19(14-17)8-11-25-23/h3,5-8,11,14-15,21,25H,4,9-10,12-13,16H2,1-2H3. The normalized spacial score (nSPS) is 18.4. The molecule has 0 amide bonds. The summed E-state index contributed by atoms with van der Waals surface area (Å²) < 4.78 is 14.5. The molecule has 0 radical (unpaired) electrons. The zero-order chi connectivity index (χ0) is 18.8. The van der Waals surface area contributed by atoms with Crippen LogP contribution in [0.15, 0.2) is 36.5 Å². The third-order valence-electron chi connectivity index (χ3n) is 5.91. The maximum absolute atomic E-state index is 14.5. The lowest BCUT2D eigenvalue weighted by atomic mass is 9.98. The van der Waals surface area contributed by atoms with Crippen LogP contribution in [-0.2, 0) is 6.54 Å². The molecule has 1 N–H and O–H groups in total. The number of H-pyrrole nitrogens is 1. The lowest BCUT2D eigenvalue weighted by molar-refractivity contribution is 0.138. The van der Waals surface area contributed by atoms with E-state index in [0.29, 0.717) is 12.6 Å². The summed E-state index contributed by atoms with van der Waals surface area (Å²) in [7, 11) is 4.30. The quantitative estimate of drug-likeness (QED) is 0.853. The lowest BCUT2D eigenvalue weighted by Gasteiger charge is -2.35. The third kappa shape index (κ3) is 4.07. The second-order valence-corrected chi connectivity index (χ2v) is 7.88. The van der Waals surface area contributed by atoms with Crippen LogP contribution in [0, 0.1) is 5.82 Å². The van der Waals surface area contributed by atoms with E-state index in [2.05, 4.69) is 53.2 Å². The van der Waals surface area contributed by atoms with E-state index in [0.717, 1.165) is 49.2 Å². The number of benzene rings is 1. The van der Waals surface area contributed by atoms with E-state index in [-0.39, 0.29) is 5.82 Å². The first kappa shape index (κ1) is 18.2. The number of aromatic nitrogens is 1. The van der Waals surface area contributed by atoms with Crippen molar-refractivity contribution in [3.63, 3.8) is 0 Å². The molecule has 0 unspecified atom stereocenters. The average molecular weight is 365 g/mol. The van der Waals surface area contributed by atoms with Crippen molar-refractivity contribution in [3.05, 3.63) is 64.7 Å². The van der Waals surface area contributed by atoms with Gasteiger partial charge in [-0.1, -0.05) is 12.1 Å². The van der Waals surface area contributed by atoms with E-state index < -0.39 is 0 Å². The predicted molar refractivity (Wildman–Crippen MR) is 111 cm³/mol. The van der Waals surface area contributed by atoms with Crippen LogP contribution in [-0.4, -0.2) is 48.0 Å². The van der Waals surface area contributed by atoms with Gasteiger partial charge < -0.3 is 9.88 Å². The zero-order valence-electron chi connectivity index (χ0n) is 16.2. The summed E-state index contributed by atoms with van der Waals surface area (Å²) in [6, 6.07) is 8.19. The molecule has 1 aliphatic heterocycles. The smallest absolute Gasteiger partial charge is 0.127 e. The maximum atomic E-state index is 14.5. The summed E-state index contributed by atoms with van der Waals surface area (Å²) in [5.41, 5.74) is 5.45. The Bertz CT molecular complexity index is 856. The molecule has 1 fully saturated rings. The third-order valence-corrected chi connectivity index (χ3v) is 5.91. The lowest BCUT2D eigenvalue weighted by Crippen LogP contribution is -2.41. The number of likely N-dealkylation sites (tertiary alicyclic amines) is 1. The van der Waals surface area contributed by atoms with E-state index in [1.165, 1.54) is 11.1 Å². The molecule has 1 saturated heterocycles. The summed E-state index contributed by atoms with van der Waals surface area (Å²) in [4.78, 5) is 7.94. The summed E-state index contributed by atoms with van der Waals surface area (Å²) in [5.74, 6) is -0.106. The Morgan fingerprint density at radius 1 is 1.22 bits per heavy atom. The Kier molecular flexibility index (Phi) is 5.28. The number of nitrogens with one attached hydrogen (secondary N) is 1. The minimum atomic E-state index is -0.106. The van der Waals surface area contributed by atoms with Crippen molar-refractivity contribution in [1.82, 2.24) is 14.8 Å². The second kappa shape index (κ2) is 7.83. The number of fused-ring (bicyclic) bond motifs is 1. The molecule has 27 heavy (non-hydrogen) atoms. The first-order valence-electron chi connectivity index (χ1n) is 9.82. The monoisotopic (exact) mass is 365 g/mol. The minimum absolute atomic E-state index is 0.106. The van der Waals surface area contributed by atoms with E-state index in [1.807, 2.05) is 18.3 Å². The van der Waals surface area contributed by atoms with E-state index in [1.54, 1.807) is 6.07 Å². The van der Waals surface area contributed by atoms with Gasteiger partial charge in [0.1, 0.15) is 5.82 Å². The number of piperidine rings is 1. The Morgan fingerprint density at radius 3 is 2.85 bits per heavy atom. The highest BCUT2D eigenvalue weighted by molar-refractivity contribution is 5.86. The van der Waals surface area contributed by atoms with Crippen LogP contribution in [0.2, 0.25) is 0 Å². The van der Waals surface area contributed by atoms with Gasteiger partial charge in [0, 0.05) is 30.0 Å². The highest BCUT2D eigenvalue weighted by Gasteiger charge is 2.21. The molecule has 2 heterocycles. The van der Waals surface area contributed by atoms with Gasteiger partial charge in [0.05, 0.1) is 0 Å². The van der Waals surface area contributed by atoms with Crippen LogP contribution in [0.3, 0.4) is 0 Å². The molecular weight excluding hydrogens is 337 g/mol. The summed E-state index contributed by atoms with van der Waals surface area (Å²) in [6.07, 6.45) is 11.6. The van der Waals surface area contributed by atoms with Gasteiger partial charge >= 0.3 is 0 Å². The molecule has 3 nitrogen and oxygen atoms in total. The van der Waals surface area contributed by atoms with Crippen LogP contribution in [0.4, 0.5) is 4.39 Å². The van der Waals surface area contributed by atoms with Crippen molar-refractivity contribution in [2.75, 3.05) is 27.2 Å². The van der Waals surface area contributed by atoms with Gasteiger partial charge in [0.2, 0.25) is 0 Å². The highest BCUT2D eigenvalue weighted by Crippen LogP contribution is 2.29. The number of rotatable bonds is 4. The molecule has 4 heteroatoms. The van der Waals surface area contributed by atoms with Crippen LogP contribution in [0.25, 0.3) is 17.7 Å². The molecule has 1 aromatic carbocycles. The Balaban J connectivity index is 1.54. The molecule has 0 bridgehead atoms. The van der Waals surface area contributed by atoms with Crippen LogP contribution < -0.4 is 0 Å². The fourth-order valence-electron chi connectivity index (χ4n) is 4.15. The van der Waals surface area contributed by atoms with E-state index in [4.69, 9.17) is 0 Å². The molecule has 142 valence electrons. The fraction of sp³-hybridized carbons (Fsp3) is 0.391. The van der Waals surface area contributed by atoms with Crippen molar-refractivity contribution < 1.29 is 4.39 Å². The molecule has 4 rings (SSSR count).